The molecule has 0 fully saturated rings. The summed E-state index contributed by atoms with van der Waals surface area (Å²) < 4.78 is 19.5. The Morgan fingerprint density at radius 3 is 2.53 bits per heavy atom. The second-order valence-electron chi connectivity index (χ2n) is 3.58. The van der Waals surface area contributed by atoms with E-state index in [-0.39, 0.29) is 11.3 Å². The molecule has 2 rings (SSSR count). The molecule has 0 heterocycles. The minimum absolute atomic E-state index is 0.0536. The Bertz CT molecular complexity index is 716. The highest BCUT2D eigenvalue weighted by Gasteiger charge is 2.09. The highest BCUT2D eigenvalue weighted by molar-refractivity contribution is 9.10. The van der Waals surface area contributed by atoms with Gasteiger partial charge in [-0.3, -0.25) is 0 Å². The molecule has 0 saturated carbocycles. The van der Waals surface area contributed by atoms with Gasteiger partial charge in [0.25, 0.3) is 0 Å². The molecule has 0 unspecified atom stereocenters. The first-order valence-electron chi connectivity index (χ1n) is 5.22. The van der Waals surface area contributed by atoms with E-state index in [1.54, 1.807) is 24.3 Å². The molecule has 2 aromatic rings. The lowest BCUT2D eigenvalue weighted by Gasteiger charge is -2.08. The topological polar surface area (TPSA) is 56.8 Å². The van der Waals surface area contributed by atoms with E-state index in [4.69, 9.17) is 15.3 Å². The molecule has 0 spiro atoms. The summed E-state index contributed by atoms with van der Waals surface area (Å²) in [6.07, 6.45) is 0. The molecule has 2 aromatic carbocycles. The first kappa shape index (κ1) is 13.1. The van der Waals surface area contributed by atoms with Crippen molar-refractivity contribution >= 4 is 15.9 Å². The number of nitriles is 2. The highest BCUT2D eigenvalue weighted by atomic mass is 79.9. The molecule has 0 aliphatic carbocycles. The second kappa shape index (κ2) is 5.51. The van der Waals surface area contributed by atoms with E-state index in [0.717, 1.165) is 6.07 Å². The van der Waals surface area contributed by atoms with Crippen molar-refractivity contribution in [1.29, 1.82) is 10.5 Å². The van der Waals surface area contributed by atoms with Crippen molar-refractivity contribution in [3.05, 3.63) is 57.8 Å². The van der Waals surface area contributed by atoms with E-state index in [9.17, 15) is 4.39 Å². The summed E-state index contributed by atoms with van der Waals surface area (Å²) in [5, 5.41) is 17.7. The monoisotopic (exact) mass is 316 g/mol. The molecule has 0 aliphatic rings. The molecule has 0 aromatic heterocycles. The Kier molecular flexibility index (Phi) is 3.79. The van der Waals surface area contributed by atoms with Crippen LogP contribution in [0.3, 0.4) is 0 Å². The third-order valence-electron chi connectivity index (χ3n) is 2.38. The highest BCUT2D eigenvalue weighted by Crippen LogP contribution is 2.30. The lowest BCUT2D eigenvalue weighted by molar-refractivity contribution is 0.474. The average Bonchev–Trinajstić information content (AvgIpc) is 2.39. The van der Waals surface area contributed by atoms with Gasteiger partial charge < -0.3 is 4.74 Å². The maximum absolute atomic E-state index is 13.4. The fourth-order valence-corrected chi connectivity index (χ4v) is 1.91. The van der Waals surface area contributed by atoms with Gasteiger partial charge in [-0.25, -0.2) is 4.39 Å². The number of nitrogens with zero attached hydrogens (tertiary/aromatic N) is 2. The van der Waals surface area contributed by atoms with Crippen LogP contribution in [0.2, 0.25) is 0 Å². The van der Waals surface area contributed by atoms with Crippen molar-refractivity contribution in [2.45, 2.75) is 0 Å². The molecule has 0 aliphatic heterocycles. The summed E-state index contributed by atoms with van der Waals surface area (Å²) in [6.45, 7) is 0. The average molecular weight is 317 g/mol. The third kappa shape index (κ3) is 2.73. The smallest absolute Gasteiger partial charge is 0.146 e. The van der Waals surface area contributed by atoms with Crippen LogP contribution in [0.15, 0.2) is 40.9 Å². The summed E-state index contributed by atoms with van der Waals surface area (Å²) in [4.78, 5) is 0. The number of benzene rings is 2. The van der Waals surface area contributed by atoms with Crippen molar-refractivity contribution in [3.8, 4) is 23.6 Å². The fourth-order valence-electron chi connectivity index (χ4n) is 1.47. The predicted octanol–water partition coefficient (Wildman–Crippen LogP) is 4.12. The first-order chi connectivity index (χ1) is 9.15. The summed E-state index contributed by atoms with van der Waals surface area (Å²) in [7, 11) is 0. The Morgan fingerprint density at radius 1 is 1.11 bits per heavy atom. The van der Waals surface area contributed by atoms with Crippen molar-refractivity contribution in [3.63, 3.8) is 0 Å². The maximum atomic E-state index is 13.4. The van der Waals surface area contributed by atoms with Crippen LogP contribution in [0.5, 0.6) is 11.5 Å². The summed E-state index contributed by atoms with van der Waals surface area (Å²) in [6, 6.07) is 12.7. The van der Waals surface area contributed by atoms with Gasteiger partial charge in [-0.05, 0) is 40.2 Å². The van der Waals surface area contributed by atoms with Crippen LogP contribution in [-0.4, -0.2) is 0 Å². The van der Waals surface area contributed by atoms with Crippen molar-refractivity contribution in [1.82, 2.24) is 0 Å². The van der Waals surface area contributed by atoms with Crippen LogP contribution in [0.4, 0.5) is 4.39 Å². The van der Waals surface area contributed by atoms with Gasteiger partial charge in [0.15, 0.2) is 0 Å². The Balaban J connectivity index is 2.38. The van der Waals surface area contributed by atoms with Gasteiger partial charge in [-0.1, -0.05) is 6.07 Å². The zero-order valence-corrected chi connectivity index (χ0v) is 11.1. The molecule has 0 amide bonds. The van der Waals surface area contributed by atoms with E-state index in [2.05, 4.69) is 15.9 Å². The van der Waals surface area contributed by atoms with Crippen LogP contribution in [-0.2, 0) is 0 Å². The van der Waals surface area contributed by atoms with Crippen LogP contribution >= 0.6 is 15.9 Å². The largest absolute Gasteiger partial charge is 0.456 e. The molecule has 92 valence electrons. The minimum atomic E-state index is -0.659. The zero-order valence-electron chi connectivity index (χ0n) is 9.52. The molecular weight excluding hydrogens is 311 g/mol. The second-order valence-corrected chi connectivity index (χ2v) is 4.43. The van der Waals surface area contributed by atoms with Gasteiger partial charge in [0, 0.05) is 10.5 Å². The van der Waals surface area contributed by atoms with Gasteiger partial charge in [0.05, 0.1) is 5.56 Å². The van der Waals surface area contributed by atoms with Gasteiger partial charge in [-0.2, -0.15) is 10.5 Å². The summed E-state index contributed by atoms with van der Waals surface area (Å²) >= 11 is 3.24. The van der Waals surface area contributed by atoms with Crippen LogP contribution in [0, 0.1) is 28.5 Å². The lowest BCUT2D eigenvalue weighted by Crippen LogP contribution is -1.91. The SMILES string of the molecule is N#Cc1ccc(Oc2cccc(Br)c2C#N)cc1F. The normalized spacial score (nSPS) is 9.47. The number of hydrogen-bond acceptors (Lipinski definition) is 3. The summed E-state index contributed by atoms with van der Waals surface area (Å²) in [5.74, 6) is -0.111. The molecular formula is C14H6BrFN2O. The molecule has 5 heteroatoms. The van der Waals surface area contributed by atoms with Crippen molar-refractivity contribution < 1.29 is 9.13 Å². The predicted molar refractivity (Wildman–Crippen MR) is 70.0 cm³/mol. The number of rotatable bonds is 2. The quantitative estimate of drug-likeness (QED) is 0.837. The number of halogens is 2. The minimum Gasteiger partial charge on any atom is -0.456 e. The molecule has 3 nitrogen and oxygen atoms in total. The van der Waals surface area contributed by atoms with E-state index in [1.165, 1.54) is 12.1 Å². The molecule has 0 bridgehead atoms. The molecule has 19 heavy (non-hydrogen) atoms. The van der Waals surface area contributed by atoms with Crippen LogP contribution in [0.25, 0.3) is 0 Å². The standard InChI is InChI=1S/C14H6BrFN2O/c15-12-2-1-3-14(11(12)8-18)19-10-5-4-9(7-17)13(16)6-10/h1-6H. The van der Waals surface area contributed by atoms with E-state index >= 15 is 0 Å². The number of ether oxygens (including phenoxy) is 1. The van der Waals surface area contributed by atoms with Gasteiger partial charge in [0.1, 0.15) is 35.0 Å². The summed E-state index contributed by atoms with van der Waals surface area (Å²) in [5.41, 5.74) is 0.273. The van der Waals surface area contributed by atoms with Crippen LogP contribution < -0.4 is 4.74 Å². The van der Waals surface area contributed by atoms with Crippen molar-refractivity contribution in [2.24, 2.45) is 0 Å². The van der Waals surface area contributed by atoms with E-state index in [0.29, 0.717) is 15.8 Å². The molecule has 0 N–H and O–H groups in total. The lowest BCUT2D eigenvalue weighted by atomic mass is 10.2. The first-order valence-corrected chi connectivity index (χ1v) is 6.01. The number of hydrogen-bond donors (Lipinski definition) is 0. The van der Waals surface area contributed by atoms with Gasteiger partial charge >= 0.3 is 0 Å². The Morgan fingerprint density at radius 2 is 1.89 bits per heavy atom. The fraction of sp³-hybridized carbons (Fsp3) is 0. The zero-order chi connectivity index (χ0) is 13.8. The van der Waals surface area contributed by atoms with E-state index in [1.807, 2.05) is 6.07 Å². The van der Waals surface area contributed by atoms with Crippen molar-refractivity contribution in [2.75, 3.05) is 0 Å². The maximum Gasteiger partial charge on any atom is 0.146 e. The van der Waals surface area contributed by atoms with Crippen LogP contribution in [0.1, 0.15) is 11.1 Å². The molecule has 0 atom stereocenters. The Labute approximate surface area is 117 Å². The Hall–Kier alpha value is -2.37. The van der Waals surface area contributed by atoms with Gasteiger partial charge in [-0.15, -0.1) is 0 Å². The third-order valence-corrected chi connectivity index (χ3v) is 3.04. The molecule has 0 saturated heterocycles. The van der Waals surface area contributed by atoms with Gasteiger partial charge in [0.2, 0.25) is 0 Å². The van der Waals surface area contributed by atoms with E-state index < -0.39 is 5.82 Å². The molecule has 0 radical (unpaired) electrons.